The van der Waals surface area contributed by atoms with Crippen LogP contribution in [0.4, 0.5) is 0 Å². The second-order valence-electron chi connectivity index (χ2n) is 6.36. The molecule has 0 spiro atoms. The third kappa shape index (κ3) is 28.4. The van der Waals surface area contributed by atoms with Crippen LogP contribution in [-0.2, 0) is 19.4 Å². The molecule has 0 rings (SSSR count). The first kappa shape index (κ1) is 34.0. The van der Waals surface area contributed by atoms with Crippen molar-refractivity contribution in [1.82, 2.24) is 0 Å². The van der Waals surface area contributed by atoms with Gasteiger partial charge in [-0.1, -0.05) is 64.0 Å². The largest absolute Gasteiger partial charge is 1.00 e. The molecule has 0 aliphatic carbocycles. The minimum absolute atomic E-state index is 0. The minimum atomic E-state index is -4.66. The van der Waals surface area contributed by atoms with Crippen molar-refractivity contribution in [3.8, 4) is 0 Å². The van der Waals surface area contributed by atoms with Crippen LogP contribution in [0.3, 0.4) is 0 Å². The number of carbonyl (C=O) groups is 1. The van der Waals surface area contributed by atoms with Crippen LogP contribution in [0.5, 0.6) is 0 Å². The Hall–Kier alpha value is 2.35. The molecule has 0 saturated carbocycles. The van der Waals surface area contributed by atoms with E-state index in [9.17, 15) is 22.9 Å². The maximum absolute atomic E-state index is 10.8. The van der Waals surface area contributed by atoms with E-state index in [1.54, 1.807) is 0 Å². The molecule has 1 atom stereocenters. The number of allylic oxidation sites excluding steroid dienone is 1. The van der Waals surface area contributed by atoms with Crippen molar-refractivity contribution in [2.24, 2.45) is 0 Å². The second-order valence-corrected chi connectivity index (χ2v) is 7.37. The summed E-state index contributed by atoms with van der Waals surface area (Å²) in [6.07, 6.45) is 14.0. The number of carboxylic acid groups (broad SMARTS) is 1. The predicted molar refractivity (Wildman–Crippen MR) is 94.4 cm³/mol. The summed E-state index contributed by atoms with van der Waals surface area (Å²) >= 11 is 0. The van der Waals surface area contributed by atoms with E-state index in [0.717, 1.165) is 57.8 Å². The summed E-state index contributed by atoms with van der Waals surface area (Å²) in [6, 6.07) is 0. The van der Waals surface area contributed by atoms with Crippen LogP contribution in [0.1, 0.15) is 90.4 Å². The minimum Gasteiger partial charge on any atom is -0.726 e. The third-order valence-electron chi connectivity index (χ3n) is 3.95. The molecule has 27 heavy (non-hydrogen) atoms. The van der Waals surface area contributed by atoms with Gasteiger partial charge in [0.15, 0.2) is 0 Å². The number of hydrogen-bond donors (Lipinski definition) is 0. The van der Waals surface area contributed by atoms with Crippen molar-refractivity contribution in [1.29, 1.82) is 0 Å². The molecule has 1 unspecified atom stereocenters. The molecule has 0 fully saturated rings. The SMILES string of the molecule is CCCCCCC(C/C=C/CCCCCCCC(=O)[O-])OS(=O)(=O)[O-].[K+].[K+]. The quantitative estimate of drug-likeness (QED) is 0.0775. The van der Waals surface area contributed by atoms with E-state index in [0.29, 0.717) is 19.3 Å². The summed E-state index contributed by atoms with van der Waals surface area (Å²) in [4.78, 5) is 10.3. The predicted octanol–water partition coefficient (Wildman–Crippen LogP) is -2.76. The van der Waals surface area contributed by atoms with Gasteiger partial charge in [-0.05, 0) is 38.5 Å². The van der Waals surface area contributed by atoms with Gasteiger partial charge in [0.05, 0.1) is 6.10 Å². The van der Waals surface area contributed by atoms with Crippen molar-refractivity contribution >= 4 is 16.4 Å². The van der Waals surface area contributed by atoms with Crippen LogP contribution in [0, 0.1) is 0 Å². The Morgan fingerprint density at radius 2 is 1.56 bits per heavy atom. The molecular weight excluding hydrogens is 422 g/mol. The van der Waals surface area contributed by atoms with Gasteiger partial charge >= 0.3 is 103 Å². The van der Waals surface area contributed by atoms with E-state index in [1.807, 2.05) is 12.2 Å². The summed E-state index contributed by atoms with van der Waals surface area (Å²) in [5.74, 6) is -0.991. The molecule has 0 aliphatic rings. The fraction of sp³-hybridized carbons (Fsp3) is 0.833. The van der Waals surface area contributed by atoms with Gasteiger partial charge in [0, 0.05) is 5.97 Å². The summed E-state index contributed by atoms with van der Waals surface area (Å²) < 4.78 is 37.0. The van der Waals surface area contributed by atoms with E-state index in [1.165, 1.54) is 0 Å². The van der Waals surface area contributed by atoms with E-state index in [2.05, 4.69) is 11.1 Å². The average Bonchev–Trinajstić information content (AvgIpc) is 2.51. The Kier molecular flexibility index (Phi) is 29.0. The van der Waals surface area contributed by atoms with Crippen LogP contribution in [0.2, 0.25) is 0 Å². The number of rotatable bonds is 17. The molecule has 0 aromatic heterocycles. The molecule has 0 amide bonds. The molecule has 0 aliphatic heterocycles. The first-order valence-electron chi connectivity index (χ1n) is 9.34. The molecule has 0 bridgehead atoms. The zero-order valence-corrected chi connectivity index (χ0v) is 24.3. The van der Waals surface area contributed by atoms with Crippen molar-refractivity contribution < 1.29 is 130 Å². The Morgan fingerprint density at radius 1 is 0.963 bits per heavy atom. The molecule has 6 nitrogen and oxygen atoms in total. The molecule has 0 saturated heterocycles. The maximum Gasteiger partial charge on any atom is 1.00 e. The smallest absolute Gasteiger partial charge is 0.726 e. The van der Waals surface area contributed by atoms with Gasteiger partial charge < -0.3 is 14.5 Å². The summed E-state index contributed by atoms with van der Waals surface area (Å²) in [5, 5.41) is 10.3. The van der Waals surface area contributed by atoms with Crippen LogP contribution < -0.4 is 108 Å². The Balaban J connectivity index is -0.00000288. The third-order valence-corrected chi connectivity index (χ3v) is 4.46. The van der Waals surface area contributed by atoms with Crippen LogP contribution in [-0.4, -0.2) is 25.0 Å². The van der Waals surface area contributed by atoms with Gasteiger partial charge in [-0.3, -0.25) is 4.18 Å². The fourth-order valence-electron chi connectivity index (χ4n) is 2.60. The first-order chi connectivity index (χ1) is 11.8. The van der Waals surface area contributed by atoms with Crippen LogP contribution in [0.15, 0.2) is 12.2 Å². The first-order valence-corrected chi connectivity index (χ1v) is 10.7. The van der Waals surface area contributed by atoms with E-state index in [4.69, 9.17) is 0 Å². The summed E-state index contributed by atoms with van der Waals surface area (Å²) in [6.45, 7) is 2.10. The van der Waals surface area contributed by atoms with Gasteiger partial charge in [-0.2, -0.15) is 0 Å². The van der Waals surface area contributed by atoms with Gasteiger partial charge in [0.2, 0.25) is 10.4 Å². The zero-order chi connectivity index (χ0) is 19.0. The van der Waals surface area contributed by atoms with Gasteiger partial charge in [-0.25, -0.2) is 8.42 Å². The number of carbonyl (C=O) groups excluding carboxylic acids is 1. The van der Waals surface area contributed by atoms with Gasteiger partial charge in [0.25, 0.3) is 0 Å². The van der Waals surface area contributed by atoms with E-state index in [-0.39, 0.29) is 109 Å². The van der Waals surface area contributed by atoms with E-state index >= 15 is 0 Å². The Morgan fingerprint density at radius 3 is 2.15 bits per heavy atom. The number of carboxylic acids is 1. The number of aliphatic carboxylic acids is 1. The number of hydrogen-bond acceptors (Lipinski definition) is 6. The second kappa shape index (κ2) is 23.0. The summed E-state index contributed by atoms with van der Waals surface area (Å²) in [7, 11) is -4.66. The van der Waals surface area contributed by atoms with Crippen molar-refractivity contribution in [2.75, 3.05) is 0 Å². The standard InChI is InChI=1S/C18H34O6S.2K/c1-2-3-4-11-14-17(24-25(21,22)23)15-12-9-7-5-6-8-10-13-16-18(19)20;;/h9,12,17H,2-8,10-11,13-16H2,1H3,(H,19,20)(H,21,22,23);;/q;2*+1/p-2/b12-9+;;. The van der Waals surface area contributed by atoms with Gasteiger partial charge in [0.1, 0.15) is 0 Å². The van der Waals surface area contributed by atoms with Crippen LogP contribution >= 0.6 is 0 Å². The van der Waals surface area contributed by atoms with Crippen molar-refractivity contribution in [2.45, 2.75) is 96.5 Å². The normalized spacial score (nSPS) is 12.4. The van der Waals surface area contributed by atoms with Crippen molar-refractivity contribution in [3.63, 3.8) is 0 Å². The molecule has 148 valence electrons. The molecular formula is C18H32K2O6S. The molecule has 9 heteroatoms. The molecule has 0 aromatic rings. The monoisotopic (exact) mass is 454 g/mol. The van der Waals surface area contributed by atoms with Crippen molar-refractivity contribution in [3.05, 3.63) is 12.2 Å². The Labute approximate surface area is 250 Å². The molecule has 0 heterocycles. The average molecular weight is 455 g/mol. The van der Waals surface area contributed by atoms with E-state index < -0.39 is 22.5 Å². The maximum atomic E-state index is 10.8. The molecule has 0 aromatic carbocycles. The molecule has 0 radical (unpaired) electrons. The van der Waals surface area contributed by atoms with Gasteiger partial charge in [-0.15, -0.1) is 0 Å². The fourth-order valence-corrected chi connectivity index (χ4v) is 3.11. The summed E-state index contributed by atoms with van der Waals surface area (Å²) in [5.41, 5.74) is 0. The zero-order valence-electron chi connectivity index (χ0n) is 17.3. The number of unbranched alkanes of at least 4 members (excludes halogenated alkanes) is 8. The molecule has 0 N–H and O–H groups in total. The van der Waals surface area contributed by atoms with Crippen LogP contribution in [0.25, 0.3) is 0 Å². The topological polar surface area (TPSA) is 107 Å². The Bertz CT molecular complexity index is 468.